The summed E-state index contributed by atoms with van der Waals surface area (Å²) >= 11 is 0. The summed E-state index contributed by atoms with van der Waals surface area (Å²) in [7, 11) is 1.72. The predicted octanol–water partition coefficient (Wildman–Crippen LogP) is 4.51. The van der Waals surface area contributed by atoms with Crippen LogP contribution in [0.25, 0.3) is 0 Å². The number of ether oxygens (including phenoxy) is 4. The minimum absolute atomic E-state index is 0.0945. The van der Waals surface area contributed by atoms with E-state index in [2.05, 4.69) is 0 Å². The van der Waals surface area contributed by atoms with E-state index in [0.29, 0.717) is 35.1 Å². The smallest absolute Gasteiger partial charge is 0.338 e. The molecule has 192 valence electrons. The Morgan fingerprint density at radius 1 is 0.611 bits per heavy atom. The number of benzene rings is 2. The highest BCUT2D eigenvalue weighted by Gasteiger charge is 2.22. The molecule has 0 atom stereocenters. The van der Waals surface area contributed by atoms with E-state index in [1.165, 1.54) is 43.3 Å². The fourth-order valence-electron chi connectivity index (χ4n) is 4.10. The van der Waals surface area contributed by atoms with Crippen molar-refractivity contribution >= 4 is 23.7 Å². The normalized spacial score (nSPS) is 17.2. The second-order valence-corrected chi connectivity index (χ2v) is 8.92. The zero-order chi connectivity index (χ0) is 25.9. The lowest BCUT2D eigenvalue weighted by Crippen LogP contribution is -2.22. The first-order chi connectivity index (χ1) is 17.4. The zero-order valence-electron chi connectivity index (χ0n) is 20.7. The molecule has 0 saturated heterocycles. The van der Waals surface area contributed by atoms with Crippen LogP contribution in [0, 0.1) is 11.8 Å². The second kappa shape index (κ2) is 13.5. The first-order valence-corrected chi connectivity index (χ1v) is 12.1. The summed E-state index contributed by atoms with van der Waals surface area (Å²) in [6.07, 6.45) is 4.21. The Kier molecular flexibility index (Phi) is 10.2. The molecular formula is C28H32O8. The molecule has 1 fully saturated rings. The third-order valence-electron chi connectivity index (χ3n) is 6.25. The molecule has 0 aromatic heterocycles. The molecule has 8 heteroatoms. The highest BCUT2D eigenvalue weighted by atomic mass is 16.6. The van der Waals surface area contributed by atoms with E-state index in [1.807, 2.05) is 0 Å². The molecule has 1 saturated carbocycles. The van der Waals surface area contributed by atoms with Crippen LogP contribution in [0.15, 0.2) is 48.5 Å². The number of carbonyl (C=O) groups excluding carboxylic acids is 4. The van der Waals surface area contributed by atoms with Crippen LogP contribution in [0.2, 0.25) is 0 Å². The Bertz CT molecular complexity index is 1030. The SMILES string of the molecule is COCC1CCC(COC(=O)c2ccc(C(=O)OCCOC(=O)c3ccc(C(C)=O)cc3)cc2)CC1. The van der Waals surface area contributed by atoms with Gasteiger partial charge >= 0.3 is 17.9 Å². The maximum Gasteiger partial charge on any atom is 0.338 e. The van der Waals surface area contributed by atoms with Gasteiger partial charge in [0.05, 0.1) is 23.3 Å². The van der Waals surface area contributed by atoms with E-state index < -0.39 is 17.9 Å². The minimum atomic E-state index is -0.593. The molecule has 36 heavy (non-hydrogen) atoms. The van der Waals surface area contributed by atoms with Crippen molar-refractivity contribution in [1.82, 2.24) is 0 Å². The van der Waals surface area contributed by atoms with Crippen LogP contribution in [0.3, 0.4) is 0 Å². The van der Waals surface area contributed by atoms with E-state index in [0.717, 1.165) is 32.3 Å². The van der Waals surface area contributed by atoms with Gasteiger partial charge in [0, 0.05) is 19.3 Å². The molecule has 1 aliphatic rings. The van der Waals surface area contributed by atoms with Crippen LogP contribution in [0.1, 0.15) is 74.0 Å². The molecule has 0 radical (unpaired) electrons. The first kappa shape index (κ1) is 27.1. The topological polar surface area (TPSA) is 105 Å². The molecule has 0 unspecified atom stereocenters. The van der Waals surface area contributed by atoms with Gasteiger partial charge in [-0.3, -0.25) is 4.79 Å². The standard InChI is InChI=1S/C28H32O8/c1-19(29)22-7-9-23(10-8-22)26(30)34-15-16-35-27(31)24-11-13-25(14-12-24)28(32)36-18-21-5-3-20(4-6-21)17-33-2/h7-14,20-21H,3-6,15-18H2,1-2H3. The number of rotatable bonds is 11. The van der Waals surface area contributed by atoms with Crippen molar-refractivity contribution in [3.63, 3.8) is 0 Å². The summed E-state index contributed by atoms with van der Waals surface area (Å²) in [4.78, 5) is 47.9. The van der Waals surface area contributed by atoms with Crippen molar-refractivity contribution in [2.45, 2.75) is 32.6 Å². The van der Waals surface area contributed by atoms with Gasteiger partial charge in [-0.1, -0.05) is 12.1 Å². The van der Waals surface area contributed by atoms with Crippen LogP contribution < -0.4 is 0 Å². The predicted molar refractivity (Wildman–Crippen MR) is 131 cm³/mol. The third kappa shape index (κ3) is 8.02. The Labute approximate surface area is 210 Å². The van der Waals surface area contributed by atoms with Crippen molar-refractivity contribution in [3.8, 4) is 0 Å². The molecule has 2 aromatic carbocycles. The molecule has 0 spiro atoms. The summed E-state index contributed by atoms with van der Waals surface area (Å²) in [5, 5.41) is 0. The number of carbonyl (C=O) groups is 4. The average Bonchev–Trinajstić information content (AvgIpc) is 2.90. The summed E-state index contributed by atoms with van der Waals surface area (Å²) in [6.45, 7) is 2.38. The summed E-state index contributed by atoms with van der Waals surface area (Å²) in [6, 6.07) is 12.2. The van der Waals surface area contributed by atoms with Crippen molar-refractivity contribution < 1.29 is 38.1 Å². The number of hydrogen-bond donors (Lipinski definition) is 0. The first-order valence-electron chi connectivity index (χ1n) is 12.1. The van der Waals surface area contributed by atoms with Crippen LogP contribution >= 0.6 is 0 Å². The summed E-state index contributed by atoms with van der Waals surface area (Å²) < 4.78 is 20.9. The van der Waals surface area contributed by atoms with Gasteiger partial charge in [-0.2, -0.15) is 0 Å². The number of hydrogen-bond acceptors (Lipinski definition) is 8. The van der Waals surface area contributed by atoms with Gasteiger partial charge in [0.15, 0.2) is 5.78 Å². The maximum absolute atomic E-state index is 12.4. The Balaban J connectivity index is 1.36. The lowest BCUT2D eigenvalue weighted by Gasteiger charge is -2.27. The van der Waals surface area contributed by atoms with Crippen molar-refractivity contribution in [2.75, 3.05) is 33.5 Å². The van der Waals surface area contributed by atoms with Crippen molar-refractivity contribution in [3.05, 3.63) is 70.8 Å². The molecule has 0 N–H and O–H groups in total. The van der Waals surface area contributed by atoms with E-state index in [4.69, 9.17) is 18.9 Å². The molecule has 1 aliphatic carbocycles. The molecular weight excluding hydrogens is 464 g/mol. The van der Waals surface area contributed by atoms with Gasteiger partial charge in [0.1, 0.15) is 13.2 Å². The number of esters is 3. The largest absolute Gasteiger partial charge is 0.462 e. The van der Waals surface area contributed by atoms with Gasteiger partial charge in [-0.05, 0) is 80.8 Å². The van der Waals surface area contributed by atoms with Crippen molar-refractivity contribution in [2.24, 2.45) is 11.8 Å². The molecule has 8 nitrogen and oxygen atoms in total. The Hall–Kier alpha value is -3.52. The van der Waals surface area contributed by atoms with Crippen LogP contribution in [-0.2, 0) is 18.9 Å². The molecule has 2 aromatic rings. The molecule has 3 rings (SSSR count). The van der Waals surface area contributed by atoms with Gasteiger partial charge in [0.2, 0.25) is 0 Å². The van der Waals surface area contributed by atoms with Gasteiger partial charge in [-0.25, -0.2) is 14.4 Å². The minimum Gasteiger partial charge on any atom is -0.462 e. The fourth-order valence-corrected chi connectivity index (χ4v) is 4.10. The quantitative estimate of drug-likeness (QED) is 0.194. The maximum atomic E-state index is 12.4. The zero-order valence-corrected chi connectivity index (χ0v) is 20.7. The van der Waals surface area contributed by atoms with E-state index in [9.17, 15) is 19.2 Å². The molecule has 0 heterocycles. The summed E-state index contributed by atoms with van der Waals surface area (Å²) in [5.74, 6) is -0.727. The van der Waals surface area contributed by atoms with Gasteiger partial charge < -0.3 is 18.9 Å². The number of Topliss-reactive ketones (excluding diaryl/α,β-unsaturated/α-hetero) is 1. The highest BCUT2D eigenvalue weighted by molar-refractivity contribution is 5.96. The van der Waals surface area contributed by atoms with Crippen LogP contribution in [0.5, 0.6) is 0 Å². The van der Waals surface area contributed by atoms with E-state index in [1.54, 1.807) is 19.2 Å². The Morgan fingerprint density at radius 3 is 1.36 bits per heavy atom. The average molecular weight is 497 g/mol. The van der Waals surface area contributed by atoms with Crippen LogP contribution in [0.4, 0.5) is 0 Å². The van der Waals surface area contributed by atoms with Gasteiger partial charge in [-0.15, -0.1) is 0 Å². The fraction of sp³-hybridized carbons (Fsp3) is 0.429. The number of methoxy groups -OCH3 is 1. The Morgan fingerprint density at radius 2 is 0.972 bits per heavy atom. The second-order valence-electron chi connectivity index (χ2n) is 8.92. The molecule has 0 bridgehead atoms. The lowest BCUT2D eigenvalue weighted by atomic mass is 9.83. The molecule has 0 amide bonds. The van der Waals surface area contributed by atoms with Gasteiger partial charge in [0.25, 0.3) is 0 Å². The summed E-state index contributed by atoms with van der Waals surface area (Å²) in [5.41, 5.74) is 1.44. The monoisotopic (exact) mass is 496 g/mol. The number of ketones is 1. The third-order valence-corrected chi connectivity index (χ3v) is 6.25. The molecule has 0 aliphatic heterocycles. The van der Waals surface area contributed by atoms with E-state index in [-0.39, 0.29) is 24.6 Å². The lowest BCUT2D eigenvalue weighted by molar-refractivity contribution is 0.0265. The van der Waals surface area contributed by atoms with Crippen LogP contribution in [-0.4, -0.2) is 57.2 Å². The highest BCUT2D eigenvalue weighted by Crippen LogP contribution is 2.29. The van der Waals surface area contributed by atoms with Crippen molar-refractivity contribution in [1.29, 1.82) is 0 Å². The van der Waals surface area contributed by atoms with E-state index >= 15 is 0 Å².